The number of hydrogen-bond donors (Lipinski definition) is 0. The van der Waals surface area contributed by atoms with Crippen molar-refractivity contribution in [3.8, 4) is 0 Å². The summed E-state index contributed by atoms with van der Waals surface area (Å²) < 4.78 is 4.98. The van der Waals surface area contributed by atoms with Crippen molar-refractivity contribution in [1.29, 1.82) is 0 Å². The minimum absolute atomic E-state index is 0.268. The molecule has 1 heterocycles. The minimum atomic E-state index is -0.268. The van der Waals surface area contributed by atoms with Gasteiger partial charge in [-0.25, -0.2) is 4.79 Å². The number of nitrogens with zero attached hydrogens (tertiary/aromatic N) is 1. The van der Waals surface area contributed by atoms with E-state index in [4.69, 9.17) is 4.74 Å². The van der Waals surface area contributed by atoms with Gasteiger partial charge in [-0.1, -0.05) is 37.3 Å². The third-order valence-electron chi connectivity index (χ3n) is 3.60. The number of carbonyl (C=O) groups excluding carboxylic acids is 1. The Bertz CT molecular complexity index is 645. The van der Waals surface area contributed by atoms with Crippen LogP contribution in [0, 0.1) is 0 Å². The number of benzene rings is 1. The number of aromatic nitrogens is 1. The van der Waals surface area contributed by atoms with Crippen LogP contribution in [0.3, 0.4) is 0 Å². The van der Waals surface area contributed by atoms with Gasteiger partial charge in [0.2, 0.25) is 0 Å². The SMILES string of the molecule is CCOC(=O)C(C)=Cc1ccc(C(C)c2cccnc2)cc1. The van der Waals surface area contributed by atoms with E-state index in [9.17, 15) is 4.79 Å². The molecule has 0 radical (unpaired) electrons. The third-order valence-corrected chi connectivity index (χ3v) is 3.60. The van der Waals surface area contributed by atoms with Gasteiger partial charge < -0.3 is 4.74 Å². The summed E-state index contributed by atoms with van der Waals surface area (Å²) in [6, 6.07) is 12.2. The van der Waals surface area contributed by atoms with Crippen molar-refractivity contribution in [2.24, 2.45) is 0 Å². The molecule has 3 heteroatoms. The molecule has 2 aromatic rings. The summed E-state index contributed by atoms with van der Waals surface area (Å²) in [7, 11) is 0. The van der Waals surface area contributed by atoms with Gasteiger partial charge in [0, 0.05) is 23.9 Å². The molecular weight excluding hydrogens is 274 g/mol. The summed E-state index contributed by atoms with van der Waals surface area (Å²) in [5.41, 5.74) is 4.01. The van der Waals surface area contributed by atoms with Gasteiger partial charge in [0.25, 0.3) is 0 Å². The number of hydrogen-bond acceptors (Lipinski definition) is 3. The van der Waals surface area contributed by atoms with E-state index in [0.29, 0.717) is 12.2 Å². The van der Waals surface area contributed by atoms with E-state index in [0.717, 1.165) is 5.56 Å². The molecule has 1 aromatic carbocycles. The summed E-state index contributed by atoms with van der Waals surface area (Å²) in [4.78, 5) is 15.8. The van der Waals surface area contributed by atoms with Crippen LogP contribution in [0.15, 0.2) is 54.4 Å². The number of carbonyl (C=O) groups is 1. The highest BCUT2D eigenvalue weighted by Gasteiger charge is 2.08. The summed E-state index contributed by atoms with van der Waals surface area (Å²) in [6.45, 7) is 6.13. The fraction of sp³-hybridized carbons (Fsp3) is 0.263. The highest BCUT2D eigenvalue weighted by molar-refractivity contribution is 5.92. The molecule has 0 bridgehead atoms. The van der Waals surface area contributed by atoms with Crippen LogP contribution in [-0.4, -0.2) is 17.6 Å². The van der Waals surface area contributed by atoms with Crippen LogP contribution in [0.5, 0.6) is 0 Å². The monoisotopic (exact) mass is 295 g/mol. The molecule has 0 spiro atoms. The molecule has 114 valence electrons. The van der Waals surface area contributed by atoms with Crippen LogP contribution in [0.25, 0.3) is 6.08 Å². The zero-order chi connectivity index (χ0) is 15.9. The van der Waals surface area contributed by atoms with Crippen molar-refractivity contribution in [3.05, 3.63) is 71.1 Å². The van der Waals surface area contributed by atoms with Crippen molar-refractivity contribution < 1.29 is 9.53 Å². The van der Waals surface area contributed by atoms with Crippen molar-refractivity contribution in [2.45, 2.75) is 26.7 Å². The first-order chi connectivity index (χ1) is 10.6. The Balaban J connectivity index is 2.14. The zero-order valence-corrected chi connectivity index (χ0v) is 13.2. The first-order valence-electron chi connectivity index (χ1n) is 7.47. The van der Waals surface area contributed by atoms with E-state index in [-0.39, 0.29) is 11.9 Å². The van der Waals surface area contributed by atoms with Gasteiger partial charge in [-0.2, -0.15) is 0 Å². The number of rotatable bonds is 5. The average Bonchev–Trinajstić information content (AvgIpc) is 2.56. The van der Waals surface area contributed by atoms with Crippen molar-refractivity contribution in [2.75, 3.05) is 6.61 Å². The van der Waals surface area contributed by atoms with Gasteiger partial charge in [0.1, 0.15) is 0 Å². The van der Waals surface area contributed by atoms with E-state index in [2.05, 4.69) is 30.1 Å². The minimum Gasteiger partial charge on any atom is -0.463 e. The Morgan fingerprint density at radius 2 is 1.95 bits per heavy atom. The summed E-state index contributed by atoms with van der Waals surface area (Å²) in [5, 5.41) is 0. The predicted molar refractivity (Wildman–Crippen MR) is 88.5 cm³/mol. The van der Waals surface area contributed by atoms with Crippen LogP contribution >= 0.6 is 0 Å². The van der Waals surface area contributed by atoms with Crippen LogP contribution in [0.1, 0.15) is 43.4 Å². The highest BCUT2D eigenvalue weighted by Crippen LogP contribution is 2.23. The Kier molecular flexibility index (Phi) is 5.48. The largest absolute Gasteiger partial charge is 0.463 e. The molecule has 1 aromatic heterocycles. The van der Waals surface area contributed by atoms with Gasteiger partial charge in [0.15, 0.2) is 0 Å². The lowest BCUT2D eigenvalue weighted by Gasteiger charge is -2.12. The molecule has 0 aliphatic rings. The van der Waals surface area contributed by atoms with Crippen LogP contribution < -0.4 is 0 Å². The third kappa shape index (κ3) is 4.04. The van der Waals surface area contributed by atoms with Crippen LogP contribution in [0.4, 0.5) is 0 Å². The fourth-order valence-corrected chi connectivity index (χ4v) is 2.26. The predicted octanol–water partition coefficient (Wildman–Crippen LogP) is 4.20. The molecule has 22 heavy (non-hydrogen) atoms. The maximum Gasteiger partial charge on any atom is 0.333 e. The number of esters is 1. The van der Waals surface area contributed by atoms with E-state index >= 15 is 0 Å². The molecule has 1 atom stereocenters. The maximum absolute atomic E-state index is 11.6. The van der Waals surface area contributed by atoms with Crippen molar-refractivity contribution in [1.82, 2.24) is 4.98 Å². The van der Waals surface area contributed by atoms with Gasteiger partial charge in [-0.15, -0.1) is 0 Å². The lowest BCUT2D eigenvalue weighted by Crippen LogP contribution is -2.04. The topological polar surface area (TPSA) is 39.2 Å². The fourth-order valence-electron chi connectivity index (χ4n) is 2.26. The summed E-state index contributed by atoms with van der Waals surface area (Å²) in [6.07, 6.45) is 5.52. The van der Waals surface area contributed by atoms with E-state index in [1.165, 1.54) is 11.1 Å². The second-order valence-electron chi connectivity index (χ2n) is 5.22. The molecule has 0 saturated carbocycles. The van der Waals surface area contributed by atoms with E-state index in [1.54, 1.807) is 20.0 Å². The second-order valence-corrected chi connectivity index (χ2v) is 5.22. The molecule has 2 rings (SSSR count). The molecule has 1 unspecified atom stereocenters. The Hall–Kier alpha value is -2.42. The Morgan fingerprint density at radius 3 is 2.55 bits per heavy atom. The molecule has 3 nitrogen and oxygen atoms in total. The molecule has 0 aliphatic carbocycles. The number of ether oxygens (including phenoxy) is 1. The molecule has 0 N–H and O–H groups in total. The maximum atomic E-state index is 11.6. The normalized spacial score (nSPS) is 12.8. The second kappa shape index (κ2) is 7.55. The average molecular weight is 295 g/mol. The highest BCUT2D eigenvalue weighted by atomic mass is 16.5. The summed E-state index contributed by atoms with van der Waals surface area (Å²) in [5.74, 6) is 0.0215. The quantitative estimate of drug-likeness (QED) is 0.613. The summed E-state index contributed by atoms with van der Waals surface area (Å²) >= 11 is 0. The molecule has 0 saturated heterocycles. The lowest BCUT2D eigenvalue weighted by molar-refractivity contribution is -0.138. The first kappa shape index (κ1) is 16.0. The van der Waals surface area contributed by atoms with Crippen molar-refractivity contribution in [3.63, 3.8) is 0 Å². The zero-order valence-electron chi connectivity index (χ0n) is 13.2. The molecule has 0 aliphatic heterocycles. The standard InChI is InChI=1S/C19H21NO2/c1-4-22-19(21)14(2)12-16-7-9-17(10-8-16)15(3)18-6-5-11-20-13-18/h5-13,15H,4H2,1-3H3. The van der Waals surface area contributed by atoms with Gasteiger partial charge >= 0.3 is 5.97 Å². The Labute approximate surface area is 131 Å². The molecule has 0 amide bonds. The molecule has 0 fully saturated rings. The van der Waals surface area contributed by atoms with Crippen LogP contribution in [-0.2, 0) is 9.53 Å². The van der Waals surface area contributed by atoms with Gasteiger partial charge in [0.05, 0.1) is 6.61 Å². The number of pyridine rings is 1. The first-order valence-corrected chi connectivity index (χ1v) is 7.47. The van der Waals surface area contributed by atoms with Crippen LogP contribution in [0.2, 0.25) is 0 Å². The molecular formula is C19H21NO2. The van der Waals surface area contributed by atoms with E-state index < -0.39 is 0 Å². The lowest BCUT2D eigenvalue weighted by atomic mass is 9.93. The Morgan fingerprint density at radius 1 is 1.23 bits per heavy atom. The van der Waals surface area contributed by atoms with Crippen molar-refractivity contribution >= 4 is 12.0 Å². The van der Waals surface area contributed by atoms with Gasteiger partial charge in [-0.3, -0.25) is 4.98 Å². The van der Waals surface area contributed by atoms with E-state index in [1.807, 2.05) is 30.5 Å². The smallest absolute Gasteiger partial charge is 0.333 e. The van der Waals surface area contributed by atoms with Gasteiger partial charge in [-0.05, 0) is 42.7 Å².